The number of alkyl halides is 3. The van der Waals surface area contributed by atoms with Gasteiger partial charge in [0.2, 0.25) is 23.6 Å². The fraction of sp³-hybridized carbons (Fsp3) is 0.783. The van der Waals surface area contributed by atoms with Crippen LogP contribution >= 0.6 is 0 Å². The maximum atomic E-state index is 13.4. The molecule has 0 radical (unpaired) electrons. The van der Waals surface area contributed by atoms with Gasteiger partial charge in [0, 0.05) is 24.9 Å². The van der Waals surface area contributed by atoms with Crippen molar-refractivity contribution in [2.75, 3.05) is 13.1 Å². The lowest BCUT2D eigenvalue weighted by molar-refractivity contribution is -0.176. The van der Waals surface area contributed by atoms with Crippen LogP contribution < -0.4 is 22.1 Å². The van der Waals surface area contributed by atoms with E-state index in [1.54, 1.807) is 5.32 Å². The van der Waals surface area contributed by atoms with Crippen molar-refractivity contribution < 1.29 is 37.1 Å². The van der Waals surface area contributed by atoms with Crippen LogP contribution in [0.4, 0.5) is 13.2 Å². The van der Waals surface area contributed by atoms with Gasteiger partial charge < -0.3 is 27.0 Å². The molecule has 2 heterocycles. The van der Waals surface area contributed by atoms with Gasteiger partial charge >= 0.3 is 12.1 Å². The van der Waals surface area contributed by atoms with Crippen LogP contribution in [0.3, 0.4) is 0 Å². The Balaban J connectivity index is 1.78. The largest absolute Gasteiger partial charge is 0.471 e. The van der Waals surface area contributed by atoms with Gasteiger partial charge in [0.1, 0.15) is 12.1 Å². The molecule has 202 valence electrons. The van der Waals surface area contributed by atoms with Crippen molar-refractivity contribution in [3.05, 3.63) is 0 Å². The van der Waals surface area contributed by atoms with Crippen LogP contribution in [0.15, 0.2) is 0 Å². The van der Waals surface area contributed by atoms with E-state index >= 15 is 0 Å². The molecule has 2 saturated heterocycles. The smallest absolute Gasteiger partial charge is 0.369 e. The highest BCUT2D eigenvalue weighted by atomic mass is 19.4. The van der Waals surface area contributed by atoms with Gasteiger partial charge in [-0.15, -0.1) is 0 Å². The second-order valence-corrected chi connectivity index (χ2v) is 11.4. The zero-order valence-corrected chi connectivity index (χ0v) is 20.6. The Morgan fingerprint density at radius 3 is 2.28 bits per heavy atom. The monoisotopic (exact) mass is 517 g/mol. The van der Waals surface area contributed by atoms with E-state index in [0.29, 0.717) is 32.2 Å². The lowest BCUT2D eigenvalue weighted by atomic mass is 9.78. The lowest BCUT2D eigenvalue weighted by Gasteiger charge is -2.43. The van der Waals surface area contributed by atoms with Gasteiger partial charge in [0.15, 0.2) is 0 Å². The Morgan fingerprint density at radius 2 is 1.81 bits per heavy atom. The quantitative estimate of drug-likeness (QED) is 0.378. The molecule has 1 spiro atoms. The van der Waals surface area contributed by atoms with Crippen molar-refractivity contribution in [3.8, 4) is 0 Å². The van der Waals surface area contributed by atoms with Crippen LogP contribution in [-0.2, 0) is 24.0 Å². The highest BCUT2D eigenvalue weighted by molar-refractivity contribution is 5.93. The molecule has 1 aliphatic carbocycles. The summed E-state index contributed by atoms with van der Waals surface area (Å²) in [6.07, 6.45) is -3.20. The molecule has 0 aromatic heterocycles. The van der Waals surface area contributed by atoms with E-state index in [-0.39, 0.29) is 30.7 Å². The Labute approximate surface area is 207 Å². The van der Waals surface area contributed by atoms with E-state index in [1.807, 2.05) is 0 Å². The number of halogens is 3. The molecular formula is C23H34F3N5O5. The normalized spacial score (nSPS) is 29.9. The summed E-state index contributed by atoms with van der Waals surface area (Å²) < 4.78 is 38.7. The molecule has 6 atom stereocenters. The summed E-state index contributed by atoms with van der Waals surface area (Å²) in [5, 5.41) is 4.50. The van der Waals surface area contributed by atoms with Crippen molar-refractivity contribution in [2.45, 2.75) is 71.1 Å². The number of carbonyl (C=O) groups is 5. The van der Waals surface area contributed by atoms with E-state index in [0.717, 1.165) is 4.90 Å². The zero-order valence-electron chi connectivity index (χ0n) is 20.6. The molecule has 2 aliphatic heterocycles. The molecule has 1 saturated carbocycles. The predicted octanol–water partition coefficient (Wildman–Crippen LogP) is 0.190. The van der Waals surface area contributed by atoms with Gasteiger partial charge in [-0.25, -0.2) is 0 Å². The number of nitrogens with zero attached hydrogens (tertiary/aromatic N) is 1. The summed E-state index contributed by atoms with van der Waals surface area (Å²) in [6, 6.07) is -2.66. The van der Waals surface area contributed by atoms with Crippen molar-refractivity contribution in [2.24, 2.45) is 40.1 Å². The number of piperidine rings is 1. The second kappa shape index (κ2) is 9.55. The predicted molar refractivity (Wildman–Crippen MR) is 120 cm³/mol. The van der Waals surface area contributed by atoms with Gasteiger partial charge in [-0.2, -0.15) is 13.2 Å². The molecule has 6 N–H and O–H groups in total. The van der Waals surface area contributed by atoms with Crippen LogP contribution in [0.2, 0.25) is 0 Å². The SMILES string of the molecule is CC(C)(C)[C@H](NC(=O)C(F)(F)F)C(=O)N1CCC2(CC1C(N)=O)CC2[C@H](C[C@H]1CCNC1=O)C(N)=O. The highest BCUT2D eigenvalue weighted by Gasteiger charge is 2.62. The lowest BCUT2D eigenvalue weighted by Crippen LogP contribution is -2.62. The van der Waals surface area contributed by atoms with Crippen molar-refractivity contribution in [3.63, 3.8) is 0 Å². The standard InChI is InChI=1S/C23H34F3N5O5/c1-21(2,3)15(30-20(36)23(24,25)26)19(35)31-7-5-22(10-14(31)17(28)33)9-13(22)12(16(27)32)8-11-4-6-29-18(11)34/h11-15H,4-10H2,1-3H3,(H2,27,32)(H2,28,33)(H,29,34)(H,30,36)/t11-,12+,13?,14?,15-,22?/m1/s1. The first-order valence-electron chi connectivity index (χ1n) is 12.0. The Bertz CT molecular complexity index is 949. The number of primary amides is 2. The van der Waals surface area contributed by atoms with Gasteiger partial charge in [0.05, 0.1) is 0 Å². The average Bonchev–Trinajstić information content (AvgIpc) is 3.26. The average molecular weight is 518 g/mol. The number of nitrogens with one attached hydrogen (secondary N) is 2. The Morgan fingerprint density at radius 1 is 1.17 bits per heavy atom. The summed E-state index contributed by atoms with van der Waals surface area (Å²) >= 11 is 0. The third-order valence-electron chi connectivity index (χ3n) is 7.89. The van der Waals surface area contributed by atoms with Crippen molar-refractivity contribution in [1.82, 2.24) is 15.5 Å². The molecule has 0 aromatic rings. The number of hydrogen-bond donors (Lipinski definition) is 4. The highest BCUT2D eigenvalue weighted by Crippen LogP contribution is 2.64. The van der Waals surface area contributed by atoms with Crippen LogP contribution in [0, 0.1) is 28.6 Å². The van der Waals surface area contributed by atoms with Crippen molar-refractivity contribution in [1.29, 1.82) is 0 Å². The van der Waals surface area contributed by atoms with Gasteiger partial charge in [-0.3, -0.25) is 24.0 Å². The summed E-state index contributed by atoms with van der Waals surface area (Å²) in [6.45, 7) is 5.07. The third kappa shape index (κ3) is 5.59. The number of amides is 5. The fourth-order valence-electron chi connectivity index (χ4n) is 5.77. The first kappa shape index (κ1) is 27.7. The molecular weight excluding hydrogens is 483 g/mol. The second-order valence-electron chi connectivity index (χ2n) is 11.4. The first-order valence-corrected chi connectivity index (χ1v) is 12.0. The fourth-order valence-corrected chi connectivity index (χ4v) is 5.77. The van der Waals surface area contributed by atoms with Gasteiger partial charge in [-0.1, -0.05) is 20.8 Å². The minimum atomic E-state index is -5.18. The molecule has 3 fully saturated rings. The minimum Gasteiger partial charge on any atom is -0.369 e. The molecule has 0 bridgehead atoms. The molecule has 0 aromatic carbocycles. The van der Waals surface area contributed by atoms with E-state index in [1.165, 1.54) is 20.8 Å². The maximum Gasteiger partial charge on any atom is 0.471 e. The van der Waals surface area contributed by atoms with Crippen molar-refractivity contribution >= 4 is 29.5 Å². The van der Waals surface area contributed by atoms with Gasteiger partial charge in [-0.05, 0) is 48.9 Å². The molecule has 3 unspecified atom stereocenters. The number of rotatable bonds is 7. The van der Waals surface area contributed by atoms with E-state index < -0.39 is 58.6 Å². The zero-order chi connectivity index (χ0) is 27.2. The number of likely N-dealkylation sites (tertiary alicyclic amines) is 1. The van der Waals surface area contributed by atoms with E-state index in [9.17, 15) is 37.1 Å². The Kier molecular flexibility index (Phi) is 7.35. The molecule has 3 rings (SSSR count). The summed E-state index contributed by atoms with van der Waals surface area (Å²) in [7, 11) is 0. The molecule has 5 amide bonds. The number of hydrogen-bond acceptors (Lipinski definition) is 5. The van der Waals surface area contributed by atoms with Crippen LogP contribution in [0.5, 0.6) is 0 Å². The molecule has 3 aliphatic rings. The van der Waals surface area contributed by atoms with E-state index in [4.69, 9.17) is 11.5 Å². The number of carbonyl (C=O) groups excluding carboxylic acids is 5. The van der Waals surface area contributed by atoms with Crippen LogP contribution in [-0.4, -0.2) is 65.8 Å². The topological polar surface area (TPSA) is 165 Å². The first-order chi connectivity index (χ1) is 16.5. The third-order valence-corrected chi connectivity index (χ3v) is 7.89. The van der Waals surface area contributed by atoms with E-state index in [2.05, 4.69) is 5.32 Å². The maximum absolute atomic E-state index is 13.4. The van der Waals surface area contributed by atoms with Crippen LogP contribution in [0.1, 0.15) is 52.9 Å². The Hall–Kier alpha value is -2.86. The summed E-state index contributed by atoms with van der Waals surface area (Å²) in [5.74, 6) is -5.65. The van der Waals surface area contributed by atoms with Gasteiger partial charge in [0.25, 0.3) is 0 Å². The number of nitrogens with two attached hydrogens (primary N) is 2. The summed E-state index contributed by atoms with van der Waals surface area (Å²) in [4.78, 5) is 62.8. The molecule has 13 heteroatoms. The van der Waals surface area contributed by atoms with Crippen LogP contribution in [0.25, 0.3) is 0 Å². The molecule has 10 nitrogen and oxygen atoms in total. The minimum absolute atomic E-state index is 0.0206. The summed E-state index contributed by atoms with van der Waals surface area (Å²) in [5.41, 5.74) is 9.71. The molecule has 36 heavy (non-hydrogen) atoms.